The molecular weight excluding hydrogens is 284 g/mol. The summed E-state index contributed by atoms with van der Waals surface area (Å²) in [5, 5.41) is 6.44. The van der Waals surface area contributed by atoms with Crippen molar-refractivity contribution in [3.63, 3.8) is 0 Å². The summed E-state index contributed by atoms with van der Waals surface area (Å²) in [6, 6.07) is 11.3. The van der Waals surface area contributed by atoms with E-state index >= 15 is 0 Å². The maximum absolute atomic E-state index is 12.0. The zero-order chi connectivity index (χ0) is 15.4. The van der Waals surface area contributed by atoms with Gasteiger partial charge in [0.05, 0.1) is 0 Å². The van der Waals surface area contributed by atoms with E-state index in [1.165, 1.54) is 5.56 Å². The van der Waals surface area contributed by atoms with Crippen molar-refractivity contribution in [2.75, 3.05) is 5.32 Å². The summed E-state index contributed by atoms with van der Waals surface area (Å²) < 4.78 is 0. The largest absolute Gasteiger partial charge is 0.334 e. The van der Waals surface area contributed by atoms with Gasteiger partial charge in [0.25, 0.3) is 0 Å². The van der Waals surface area contributed by atoms with Crippen molar-refractivity contribution in [2.24, 2.45) is 0 Å². The molecule has 2 rings (SSSR count). The van der Waals surface area contributed by atoms with Gasteiger partial charge >= 0.3 is 6.03 Å². The normalized spacial score (nSPS) is 10.3. The van der Waals surface area contributed by atoms with E-state index in [0.717, 1.165) is 22.4 Å². The Balaban J connectivity index is 1.97. The van der Waals surface area contributed by atoms with Crippen molar-refractivity contribution in [1.29, 1.82) is 0 Å². The van der Waals surface area contributed by atoms with Gasteiger partial charge in [-0.3, -0.25) is 0 Å². The van der Waals surface area contributed by atoms with E-state index in [1.54, 1.807) is 0 Å². The number of rotatable bonds is 3. The molecule has 0 spiro atoms. The predicted molar refractivity (Wildman–Crippen MR) is 88.0 cm³/mol. The van der Waals surface area contributed by atoms with Gasteiger partial charge < -0.3 is 10.6 Å². The Bertz CT molecular complexity index is 627. The van der Waals surface area contributed by atoms with E-state index < -0.39 is 0 Å². The molecule has 0 aliphatic heterocycles. The van der Waals surface area contributed by atoms with Crippen molar-refractivity contribution in [1.82, 2.24) is 5.32 Å². The summed E-state index contributed by atoms with van der Waals surface area (Å²) >= 11 is 5.83. The van der Waals surface area contributed by atoms with Gasteiger partial charge in [0.2, 0.25) is 0 Å². The van der Waals surface area contributed by atoms with Crippen LogP contribution in [0.15, 0.2) is 36.4 Å². The predicted octanol–water partition coefficient (Wildman–Crippen LogP) is 4.59. The van der Waals surface area contributed by atoms with E-state index in [2.05, 4.69) is 22.8 Å². The summed E-state index contributed by atoms with van der Waals surface area (Å²) in [7, 11) is 0. The second-order valence-electron chi connectivity index (χ2n) is 5.21. The molecule has 0 aromatic heterocycles. The van der Waals surface area contributed by atoms with Crippen molar-refractivity contribution in [3.05, 3.63) is 63.7 Å². The fourth-order valence-electron chi connectivity index (χ4n) is 2.32. The molecule has 0 fully saturated rings. The van der Waals surface area contributed by atoms with E-state index in [9.17, 15) is 4.79 Å². The summed E-state index contributed by atoms with van der Waals surface area (Å²) in [4.78, 5) is 12.0. The molecule has 0 aliphatic rings. The molecule has 2 aromatic carbocycles. The molecule has 4 heteroatoms. The first-order valence-corrected chi connectivity index (χ1v) is 7.20. The van der Waals surface area contributed by atoms with Crippen LogP contribution in [-0.2, 0) is 6.54 Å². The van der Waals surface area contributed by atoms with Crippen molar-refractivity contribution in [3.8, 4) is 0 Å². The highest BCUT2D eigenvalue weighted by Crippen LogP contribution is 2.21. The van der Waals surface area contributed by atoms with Crippen LogP contribution < -0.4 is 10.6 Å². The molecular formula is C17H19ClN2O. The average molecular weight is 303 g/mol. The molecule has 110 valence electrons. The van der Waals surface area contributed by atoms with Gasteiger partial charge in [-0.2, -0.15) is 0 Å². The second-order valence-corrected chi connectivity index (χ2v) is 5.64. The topological polar surface area (TPSA) is 41.1 Å². The quantitative estimate of drug-likeness (QED) is 0.855. The maximum atomic E-state index is 12.0. The minimum absolute atomic E-state index is 0.208. The SMILES string of the molecule is Cc1cc(C)c(NC(=O)NCc2ccc(Cl)cc2)c(C)c1. The van der Waals surface area contributed by atoms with Gasteiger partial charge in [-0.1, -0.05) is 41.4 Å². The van der Waals surface area contributed by atoms with Crippen LogP contribution in [0.5, 0.6) is 0 Å². The van der Waals surface area contributed by atoms with Gasteiger partial charge in [0.15, 0.2) is 0 Å². The lowest BCUT2D eigenvalue weighted by atomic mass is 10.1. The smallest absolute Gasteiger partial charge is 0.319 e. The van der Waals surface area contributed by atoms with Crippen LogP contribution in [-0.4, -0.2) is 6.03 Å². The first-order valence-electron chi connectivity index (χ1n) is 6.83. The number of benzene rings is 2. The average Bonchev–Trinajstić information content (AvgIpc) is 2.42. The number of carbonyl (C=O) groups is 1. The Morgan fingerprint density at radius 2 is 1.62 bits per heavy atom. The van der Waals surface area contributed by atoms with Gasteiger partial charge in [-0.15, -0.1) is 0 Å². The molecule has 0 unspecified atom stereocenters. The minimum atomic E-state index is -0.208. The number of anilines is 1. The number of hydrogen-bond acceptors (Lipinski definition) is 1. The number of halogens is 1. The molecule has 0 saturated heterocycles. The highest BCUT2D eigenvalue weighted by molar-refractivity contribution is 6.30. The molecule has 0 atom stereocenters. The molecule has 0 bridgehead atoms. The molecule has 21 heavy (non-hydrogen) atoms. The molecule has 2 aromatic rings. The molecule has 2 N–H and O–H groups in total. The standard InChI is InChI=1S/C17H19ClN2O/c1-11-8-12(2)16(13(3)9-11)20-17(21)19-10-14-4-6-15(18)7-5-14/h4-9H,10H2,1-3H3,(H2,19,20,21). The van der Waals surface area contributed by atoms with Crippen LogP contribution in [0.3, 0.4) is 0 Å². The minimum Gasteiger partial charge on any atom is -0.334 e. The summed E-state index contributed by atoms with van der Waals surface area (Å²) in [5.41, 5.74) is 5.20. The van der Waals surface area contributed by atoms with E-state index in [-0.39, 0.29) is 6.03 Å². The number of carbonyl (C=O) groups excluding carboxylic acids is 1. The first kappa shape index (κ1) is 15.4. The fraction of sp³-hybridized carbons (Fsp3) is 0.235. The fourth-order valence-corrected chi connectivity index (χ4v) is 2.45. The van der Waals surface area contributed by atoms with E-state index in [1.807, 2.05) is 45.0 Å². The molecule has 0 saturated carbocycles. The number of hydrogen-bond donors (Lipinski definition) is 2. The van der Waals surface area contributed by atoms with Gasteiger partial charge in [-0.05, 0) is 49.6 Å². The van der Waals surface area contributed by atoms with Gasteiger partial charge in [0.1, 0.15) is 0 Å². The van der Waals surface area contributed by atoms with Crippen LogP contribution in [0.4, 0.5) is 10.5 Å². The highest BCUT2D eigenvalue weighted by Gasteiger charge is 2.07. The number of amides is 2. The lowest BCUT2D eigenvalue weighted by molar-refractivity contribution is 0.251. The monoisotopic (exact) mass is 302 g/mol. The molecule has 2 amide bonds. The van der Waals surface area contributed by atoms with Crippen LogP contribution in [0.1, 0.15) is 22.3 Å². The highest BCUT2D eigenvalue weighted by atomic mass is 35.5. The third-order valence-corrected chi connectivity index (χ3v) is 3.53. The summed E-state index contributed by atoms with van der Waals surface area (Å²) in [6.45, 7) is 6.50. The summed E-state index contributed by atoms with van der Waals surface area (Å²) in [5.74, 6) is 0. The van der Waals surface area contributed by atoms with Crippen LogP contribution in [0, 0.1) is 20.8 Å². The second kappa shape index (κ2) is 6.64. The Morgan fingerprint density at radius 3 is 2.19 bits per heavy atom. The third-order valence-electron chi connectivity index (χ3n) is 3.28. The van der Waals surface area contributed by atoms with Crippen molar-refractivity contribution < 1.29 is 4.79 Å². The molecule has 3 nitrogen and oxygen atoms in total. The van der Waals surface area contributed by atoms with Gasteiger partial charge in [0, 0.05) is 17.3 Å². The van der Waals surface area contributed by atoms with Crippen molar-refractivity contribution in [2.45, 2.75) is 27.3 Å². The Kier molecular flexibility index (Phi) is 4.86. The number of aryl methyl sites for hydroxylation is 3. The van der Waals surface area contributed by atoms with Crippen LogP contribution >= 0.6 is 11.6 Å². The van der Waals surface area contributed by atoms with Crippen molar-refractivity contribution >= 4 is 23.3 Å². The zero-order valence-corrected chi connectivity index (χ0v) is 13.2. The number of urea groups is 1. The molecule has 0 aliphatic carbocycles. The Morgan fingerprint density at radius 1 is 1.05 bits per heavy atom. The maximum Gasteiger partial charge on any atom is 0.319 e. The van der Waals surface area contributed by atoms with Gasteiger partial charge in [-0.25, -0.2) is 4.79 Å². The Hall–Kier alpha value is -2.00. The van der Waals surface area contributed by atoms with Crippen LogP contribution in [0.2, 0.25) is 5.02 Å². The number of nitrogens with one attached hydrogen (secondary N) is 2. The lowest BCUT2D eigenvalue weighted by Gasteiger charge is -2.13. The third kappa shape index (κ3) is 4.23. The summed E-state index contributed by atoms with van der Waals surface area (Å²) in [6.07, 6.45) is 0. The zero-order valence-electron chi connectivity index (χ0n) is 12.5. The lowest BCUT2D eigenvalue weighted by Crippen LogP contribution is -2.28. The molecule has 0 heterocycles. The van der Waals surface area contributed by atoms with E-state index in [4.69, 9.17) is 11.6 Å². The Labute approximate surface area is 130 Å². The first-order chi connectivity index (χ1) is 9.95. The molecule has 0 radical (unpaired) electrons. The van der Waals surface area contributed by atoms with E-state index in [0.29, 0.717) is 11.6 Å². The van der Waals surface area contributed by atoms with Crippen LogP contribution in [0.25, 0.3) is 0 Å².